The number of amides is 3. The number of hydrogen-bond acceptors (Lipinski definition) is 8. The summed E-state index contributed by atoms with van der Waals surface area (Å²) >= 11 is 0. The zero-order valence-electron chi connectivity index (χ0n) is 24.0. The summed E-state index contributed by atoms with van der Waals surface area (Å²) in [5.74, 6) is -2.14. The molecule has 11 heteroatoms. The molecule has 1 heterocycles. The Labute approximate surface area is 249 Å². The minimum Gasteiger partial charge on any atom is -0.467 e. The number of carbonyl (C=O) groups is 5. The molecule has 0 aromatic heterocycles. The average molecular weight is 588 g/mol. The van der Waals surface area contributed by atoms with Crippen molar-refractivity contribution in [2.24, 2.45) is 0 Å². The molecule has 0 spiro atoms. The van der Waals surface area contributed by atoms with Crippen LogP contribution in [0, 0.1) is 0 Å². The van der Waals surface area contributed by atoms with Crippen molar-refractivity contribution in [3.63, 3.8) is 0 Å². The van der Waals surface area contributed by atoms with E-state index in [1.54, 1.807) is 43.3 Å². The highest BCUT2D eigenvalue weighted by molar-refractivity contribution is 5.99. The highest BCUT2D eigenvalue weighted by Crippen LogP contribution is 2.29. The first kappa shape index (κ1) is 30.8. The topological polar surface area (TPSA) is 140 Å². The molecular formula is C32H33N3O8. The fraction of sp³-hybridized carbons (Fsp3) is 0.281. The van der Waals surface area contributed by atoms with Crippen LogP contribution in [0.25, 0.3) is 0 Å². The maximum Gasteiger partial charge on any atom is 0.414 e. The number of benzene rings is 3. The molecule has 4 rings (SSSR count). The first-order chi connectivity index (χ1) is 20.8. The molecule has 0 aliphatic carbocycles. The van der Waals surface area contributed by atoms with E-state index in [0.29, 0.717) is 35.5 Å². The van der Waals surface area contributed by atoms with Crippen molar-refractivity contribution in [3.8, 4) is 0 Å². The monoisotopic (exact) mass is 587 g/mol. The van der Waals surface area contributed by atoms with E-state index in [-0.39, 0.29) is 26.1 Å². The van der Waals surface area contributed by atoms with Gasteiger partial charge in [0.25, 0.3) is 5.91 Å². The minimum absolute atomic E-state index is 0.0201. The van der Waals surface area contributed by atoms with Crippen LogP contribution in [-0.2, 0) is 36.8 Å². The molecule has 3 aromatic rings. The van der Waals surface area contributed by atoms with Gasteiger partial charge in [-0.05, 0) is 67.3 Å². The second-order valence-electron chi connectivity index (χ2n) is 9.72. The maximum absolute atomic E-state index is 13.1. The molecule has 3 aromatic carbocycles. The summed E-state index contributed by atoms with van der Waals surface area (Å²) in [6, 6.07) is 19.5. The molecule has 1 atom stereocenters. The van der Waals surface area contributed by atoms with Gasteiger partial charge in [0, 0.05) is 24.2 Å². The van der Waals surface area contributed by atoms with Crippen LogP contribution in [0.2, 0.25) is 0 Å². The van der Waals surface area contributed by atoms with Gasteiger partial charge in [-0.3, -0.25) is 14.5 Å². The average Bonchev–Trinajstić information content (AvgIpc) is 3.45. The Morgan fingerprint density at radius 2 is 1.70 bits per heavy atom. The largest absolute Gasteiger partial charge is 0.467 e. The van der Waals surface area contributed by atoms with E-state index >= 15 is 0 Å². The van der Waals surface area contributed by atoms with Crippen LogP contribution >= 0.6 is 0 Å². The third-order valence-electron chi connectivity index (χ3n) is 6.77. The predicted molar refractivity (Wildman–Crippen MR) is 158 cm³/mol. The van der Waals surface area contributed by atoms with Gasteiger partial charge in [-0.1, -0.05) is 36.4 Å². The number of rotatable bonds is 11. The number of hydrogen-bond donors (Lipinski definition) is 2. The number of nitrogens with one attached hydrogen (secondary N) is 2. The van der Waals surface area contributed by atoms with Gasteiger partial charge < -0.3 is 24.8 Å². The third kappa shape index (κ3) is 8.19. The third-order valence-corrected chi connectivity index (χ3v) is 6.77. The summed E-state index contributed by atoms with van der Waals surface area (Å²) in [7, 11) is 1.20. The molecule has 0 fully saturated rings. The summed E-state index contributed by atoms with van der Waals surface area (Å²) in [6.07, 6.45) is -0.0622. The molecule has 43 heavy (non-hydrogen) atoms. The van der Waals surface area contributed by atoms with Gasteiger partial charge in [-0.25, -0.2) is 14.4 Å². The van der Waals surface area contributed by atoms with E-state index in [0.717, 1.165) is 11.1 Å². The standard InChI is InChI=1S/C32H33N3O8/c1-3-42-30(38)24-10-7-11-25(19-24)33-28(36)15-13-26(31(39)41-2)34-29(37)23-12-14-27-22(18-23)16-17-35(27)32(40)43-20-21-8-5-4-6-9-21/h4-12,14,18-19,26H,3,13,15-17,20H2,1-2H3,(H,33,36)(H,34,37)/t26-/m0/s1. The van der Waals surface area contributed by atoms with Crippen LogP contribution in [0.1, 0.15) is 51.6 Å². The Kier molecular flexibility index (Phi) is 10.5. The summed E-state index contributed by atoms with van der Waals surface area (Å²) in [5.41, 5.74) is 3.31. The van der Waals surface area contributed by atoms with E-state index in [1.807, 2.05) is 30.3 Å². The lowest BCUT2D eigenvalue weighted by Crippen LogP contribution is -2.42. The van der Waals surface area contributed by atoms with Crippen molar-refractivity contribution in [3.05, 3.63) is 95.1 Å². The van der Waals surface area contributed by atoms with Gasteiger partial charge in [-0.2, -0.15) is 0 Å². The van der Waals surface area contributed by atoms with Crippen molar-refractivity contribution in [1.82, 2.24) is 5.32 Å². The van der Waals surface area contributed by atoms with E-state index in [4.69, 9.17) is 14.2 Å². The molecule has 1 aliphatic rings. The highest BCUT2D eigenvalue weighted by atomic mass is 16.6. The first-order valence-corrected chi connectivity index (χ1v) is 13.9. The molecule has 0 saturated heterocycles. The minimum atomic E-state index is -1.08. The van der Waals surface area contributed by atoms with Crippen LogP contribution in [0.5, 0.6) is 0 Å². The molecule has 2 N–H and O–H groups in total. The van der Waals surface area contributed by atoms with Crippen LogP contribution in [-0.4, -0.2) is 56.1 Å². The number of nitrogens with zero attached hydrogens (tertiary/aromatic N) is 1. The molecule has 3 amide bonds. The number of ether oxygens (including phenoxy) is 3. The zero-order valence-corrected chi connectivity index (χ0v) is 24.0. The Morgan fingerprint density at radius 3 is 2.44 bits per heavy atom. The Hall–Kier alpha value is -5.19. The summed E-state index contributed by atoms with van der Waals surface area (Å²) in [4.78, 5) is 64.3. The molecule has 0 radical (unpaired) electrons. The fourth-order valence-corrected chi connectivity index (χ4v) is 4.60. The SMILES string of the molecule is CCOC(=O)c1cccc(NC(=O)CC[C@H](NC(=O)c2ccc3c(c2)CCN3C(=O)OCc2ccccc2)C(=O)OC)c1. The van der Waals surface area contributed by atoms with Gasteiger partial charge in [-0.15, -0.1) is 0 Å². The van der Waals surface area contributed by atoms with Crippen molar-refractivity contribution < 1.29 is 38.2 Å². The molecule has 1 aliphatic heterocycles. The molecular weight excluding hydrogens is 554 g/mol. The lowest BCUT2D eigenvalue weighted by molar-refractivity contribution is -0.143. The number of methoxy groups -OCH3 is 1. The highest BCUT2D eigenvalue weighted by Gasteiger charge is 2.28. The number of anilines is 2. The molecule has 0 unspecified atom stereocenters. The lowest BCUT2D eigenvalue weighted by Gasteiger charge is -2.18. The predicted octanol–water partition coefficient (Wildman–Crippen LogP) is 4.25. The van der Waals surface area contributed by atoms with Crippen molar-refractivity contribution in [1.29, 1.82) is 0 Å². The van der Waals surface area contributed by atoms with E-state index in [2.05, 4.69) is 10.6 Å². The fourth-order valence-electron chi connectivity index (χ4n) is 4.60. The van der Waals surface area contributed by atoms with Gasteiger partial charge in [0.2, 0.25) is 5.91 Å². The molecule has 224 valence electrons. The van der Waals surface area contributed by atoms with Crippen molar-refractivity contribution in [2.45, 2.75) is 38.8 Å². The zero-order chi connectivity index (χ0) is 30.8. The van der Waals surface area contributed by atoms with Gasteiger partial charge in [0.05, 0.1) is 25.0 Å². The smallest absolute Gasteiger partial charge is 0.414 e. The van der Waals surface area contributed by atoms with Crippen molar-refractivity contribution in [2.75, 3.05) is 30.5 Å². The first-order valence-electron chi connectivity index (χ1n) is 13.9. The van der Waals surface area contributed by atoms with Crippen LogP contribution in [0.3, 0.4) is 0 Å². The number of esters is 2. The van der Waals surface area contributed by atoms with Gasteiger partial charge >= 0.3 is 18.0 Å². The normalized spacial score (nSPS) is 12.5. The Bertz CT molecular complexity index is 1490. The summed E-state index contributed by atoms with van der Waals surface area (Å²) in [6.45, 7) is 2.49. The maximum atomic E-state index is 13.1. The lowest BCUT2D eigenvalue weighted by atomic mass is 10.1. The molecule has 0 bridgehead atoms. The molecule has 0 saturated carbocycles. The number of carbonyl (C=O) groups excluding carboxylic acids is 5. The summed E-state index contributed by atoms with van der Waals surface area (Å²) < 4.78 is 15.3. The van der Waals surface area contributed by atoms with Gasteiger partial charge in [0.1, 0.15) is 12.6 Å². The quantitative estimate of drug-likeness (QED) is 0.251. The summed E-state index contributed by atoms with van der Waals surface area (Å²) in [5, 5.41) is 5.33. The second-order valence-corrected chi connectivity index (χ2v) is 9.72. The van der Waals surface area contributed by atoms with Crippen molar-refractivity contribution >= 4 is 41.2 Å². The van der Waals surface area contributed by atoms with E-state index in [1.165, 1.54) is 18.1 Å². The van der Waals surface area contributed by atoms with E-state index in [9.17, 15) is 24.0 Å². The Morgan fingerprint density at radius 1 is 0.907 bits per heavy atom. The van der Waals surface area contributed by atoms with Crippen LogP contribution in [0.4, 0.5) is 16.2 Å². The second kappa shape index (κ2) is 14.6. The van der Waals surface area contributed by atoms with E-state index < -0.39 is 35.9 Å². The number of fused-ring (bicyclic) bond motifs is 1. The van der Waals surface area contributed by atoms with Crippen LogP contribution < -0.4 is 15.5 Å². The Balaban J connectivity index is 1.34. The van der Waals surface area contributed by atoms with Crippen LogP contribution in [0.15, 0.2) is 72.8 Å². The van der Waals surface area contributed by atoms with Gasteiger partial charge in [0.15, 0.2) is 0 Å². The molecule has 11 nitrogen and oxygen atoms in total.